The lowest BCUT2D eigenvalue weighted by Crippen LogP contribution is -2.16. The summed E-state index contributed by atoms with van der Waals surface area (Å²) >= 11 is 1.84. The number of nitrogens with zero attached hydrogens (tertiary/aromatic N) is 3. The number of anilines is 1. The second kappa shape index (κ2) is 5.85. The van der Waals surface area contributed by atoms with Gasteiger partial charge in [-0.3, -0.25) is 0 Å². The number of fused-ring (bicyclic) bond motifs is 2. The first-order valence-corrected chi connectivity index (χ1v) is 9.84. The van der Waals surface area contributed by atoms with Crippen LogP contribution in [0.5, 0.6) is 0 Å². The summed E-state index contributed by atoms with van der Waals surface area (Å²) < 4.78 is 1.28. The molecule has 3 nitrogen and oxygen atoms in total. The molecule has 24 heavy (non-hydrogen) atoms. The van der Waals surface area contributed by atoms with Gasteiger partial charge in [0.05, 0.1) is 4.70 Å². The van der Waals surface area contributed by atoms with Crippen LogP contribution in [-0.4, -0.2) is 23.1 Å². The average molecular weight is 335 g/mol. The van der Waals surface area contributed by atoms with E-state index >= 15 is 0 Å². The predicted octanol–water partition coefficient (Wildman–Crippen LogP) is 4.84. The Bertz CT molecular complexity index is 879. The topological polar surface area (TPSA) is 29.0 Å². The van der Waals surface area contributed by atoms with Gasteiger partial charge in [0, 0.05) is 24.3 Å². The molecule has 3 heterocycles. The van der Waals surface area contributed by atoms with E-state index in [1.165, 1.54) is 52.8 Å². The van der Waals surface area contributed by atoms with Crippen LogP contribution in [0.15, 0.2) is 30.3 Å². The summed E-state index contributed by atoms with van der Waals surface area (Å²) in [4.78, 5) is 12.3. The van der Waals surface area contributed by atoms with Crippen LogP contribution in [0, 0.1) is 0 Å². The summed E-state index contributed by atoms with van der Waals surface area (Å²) in [6.07, 6.45) is 7.35. The largest absolute Gasteiger partial charge is 0.348 e. The third-order valence-electron chi connectivity index (χ3n) is 5.25. The van der Waals surface area contributed by atoms with Crippen LogP contribution in [0.25, 0.3) is 21.5 Å². The maximum Gasteiger partial charge on any atom is 0.188 e. The highest BCUT2D eigenvalue weighted by atomic mass is 32.1. The van der Waals surface area contributed by atoms with Gasteiger partial charge in [-0.05, 0) is 49.7 Å². The normalized spacial score (nSPS) is 17.4. The molecular formula is C20H21N3S. The number of aryl methyl sites for hydroxylation is 1. The van der Waals surface area contributed by atoms with Gasteiger partial charge in [0.1, 0.15) is 0 Å². The minimum atomic E-state index is 0.960. The van der Waals surface area contributed by atoms with Gasteiger partial charge >= 0.3 is 0 Å². The van der Waals surface area contributed by atoms with Gasteiger partial charge in [0.25, 0.3) is 0 Å². The van der Waals surface area contributed by atoms with Crippen molar-refractivity contribution >= 4 is 26.8 Å². The number of benzene rings is 1. The zero-order chi connectivity index (χ0) is 15.9. The van der Waals surface area contributed by atoms with Crippen molar-refractivity contribution in [2.45, 2.75) is 38.5 Å². The van der Waals surface area contributed by atoms with Crippen LogP contribution in [0.1, 0.15) is 36.9 Å². The zero-order valence-corrected chi connectivity index (χ0v) is 14.6. The predicted molar refractivity (Wildman–Crippen MR) is 101 cm³/mol. The molecule has 0 unspecified atom stereocenters. The van der Waals surface area contributed by atoms with E-state index in [1.54, 1.807) is 0 Å². The fraction of sp³-hybridized carbons (Fsp3) is 0.400. The van der Waals surface area contributed by atoms with E-state index in [0.717, 1.165) is 36.7 Å². The molecular weight excluding hydrogens is 314 g/mol. The SMILES string of the molecule is c1ccc(-c2c3c(nc4nc(N5CCCC5)sc24)CCCC3)cc1. The van der Waals surface area contributed by atoms with E-state index in [9.17, 15) is 0 Å². The van der Waals surface area contributed by atoms with Crippen molar-refractivity contribution in [2.24, 2.45) is 0 Å². The second-order valence-corrected chi connectivity index (χ2v) is 7.81. The van der Waals surface area contributed by atoms with Gasteiger partial charge in [0.2, 0.25) is 0 Å². The Morgan fingerprint density at radius 1 is 0.875 bits per heavy atom. The maximum atomic E-state index is 4.97. The lowest BCUT2D eigenvalue weighted by atomic mass is 9.89. The monoisotopic (exact) mass is 335 g/mol. The Balaban J connectivity index is 1.76. The van der Waals surface area contributed by atoms with Crippen LogP contribution in [0.3, 0.4) is 0 Å². The van der Waals surface area contributed by atoms with E-state index in [1.807, 2.05) is 11.3 Å². The van der Waals surface area contributed by atoms with Crippen LogP contribution in [-0.2, 0) is 12.8 Å². The summed E-state index contributed by atoms with van der Waals surface area (Å²) in [6.45, 7) is 2.28. The van der Waals surface area contributed by atoms with Gasteiger partial charge in [0.15, 0.2) is 10.8 Å². The molecule has 122 valence electrons. The van der Waals surface area contributed by atoms with Crippen LogP contribution >= 0.6 is 11.3 Å². The van der Waals surface area contributed by atoms with Gasteiger partial charge in [-0.2, -0.15) is 4.98 Å². The second-order valence-electron chi connectivity index (χ2n) is 6.83. The maximum absolute atomic E-state index is 4.97. The Hall–Kier alpha value is -1.94. The standard InChI is InChI=1S/C20H21N3S/c1-2-8-14(9-3-1)17-15-10-4-5-11-16(15)21-19-18(17)24-20(22-19)23-12-6-7-13-23/h1-3,8-9H,4-7,10-13H2. The first-order chi connectivity index (χ1) is 11.9. The molecule has 0 bridgehead atoms. The molecule has 5 rings (SSSR count). The molecule has 0 atom stereocenters. The summed E-state index contributed by atoms with van der Waals surface area (Å²) in [6, 6.07) is 10.8. The number of hydrogen-bond acceptors (Lipinski definition) is 4. The fourth-order valence-electron chi connectivity index (χ4n) is 4.04. The molecule has 1 saturated heterocycles. The summed E-state index contributed by atoms with van der Waals surface area (Å²) in [7, 11) is 0. The number of rotatable bonds is 2. The smallest absolute Gasteiger partial charge is 0.188 e. The summed E-state index contributed by atoms with van der Waals surface area (Å²) in [5.41, 5.74) is 6.43. The molecule has 3 aromatic rings. The van der Waals surface area contributed by atoms with Gasteiger partial charge in [-0.15, -0.1) is 0 Å². The highest BCUT2D eigenvalue weighted by Gasteiger charge is 2.24. The fourth-order valence-corrected chi connectivity index (χ4v) is 5.19. The molecule has 1 aromatic carbocycles. The Morgan fingerprint density at radius 2 is 1.67 bits per heavy atom. The van der Waals surface area contributed by atoms with E-state index in [2.05, 4.69) is 35.2 Å². The van der Waals surface area contributed by atoms with Crippen molar-refractivity contribution in [1.29, 1.82) is 0 Å². The molecule has 0 N–H and O–H groups in total. The molecule has 0 amide bonds. The average Bonchev–Trinajstić information content (AvgIpc) is 3.29. The molecule has 1 aliphatic carbocycles. The molecule has 2 aromatic heterocycles. The summed E-state index contributed by atoms with van der Waals surface area (Å²) in [5, 5.41) is 1.16. The van der Waals surface area contributed by atoms with Crippen molar-refractivity contribution in [2.75, 3.05) is 18.0 Å². The lowest BCUT2D eigenvalue weighted by molar-refractivity contribution is 0.672. The summed E-state index contributed by atoms with van der Waals surface area (Å²) in [5.74, 6) is 0. The Kier molecular flexibility index (Phi) is 3.51. The van der Waals surface area contributed by atoms with Crippen LogP contribution in [0.2, 0.25) is 0 Å². The van der Waals surface area contributed by atoms with Crippen molar-refractivity contribution in [3.05, 3.63) is 41.6 Å². The zero-order valence-electron chi connectivity index (χ0n) is 13.8. The molecule has 2 aliphatic rings. The van der Waals surface area contributed by atoms with Crippen LogP contribution in [0.4, 0.5) is 5.13 Å². The van der Waals surface area contributed by atoms with E-state index in [4.69, 9.17) is 9.97 Å². The van der Waals surface area contributed by atoms with Gasteiger partial charge < -0.3 is 4.90 Å². The quantitative estimate of drug-likeness (QED) is 0.671. The van der Waals surface area contributed by atoms with Crippen molar-refractivity contribution in [3.8, 4) is 11.1 Å². The van der Waals surface area contributed by atoms with Crippen molar-refractivity contribution < 1.29 is 0 Å². The number of aromatic nitrogens is 2. The molecule has 0 radical (unpaired) electrons. The van der Waals surface area contributed by atoms with Crippen molar-refractivity contribution in [3.63, 3.8) is 0 Å². The lowest BCUT2D eigenvalue weighted by Gasteiger charge is -2.19. The molecule has 0 spiro atoms. The van der Waals surface area contributed by atoms with Gasteiger partial charge in [-0.25, -0.2) is 4.98 Å². The Labute approximate surface area is 146 Å². The minimum Gasteiger partial charge on any atom is -0.348 e. The van der Waals surface area contributed by atoms with Gasteiger partial charge in [-0.1, -0.05) is 41.7 Å². The number of thiazole rings is 1. The Morgan fingerprint density at radius 3 is 2.50 bits per heavy atom. The first-order valence-electron chi connectivity index (χ1n) is 9.03. The van der Waals surface area contributed by atoms with Crippen LogP contribution < -0.4 is 4.90 Å². The third-order valence-corrected chi connectivity index (χ3v) is 6.37. The highest BCUT2D eigenvalue weighted by Crippen LogP contribution is 2.41. The van der Waals surface area contributed by atoms with Crippen molar-refractivity contribution in [1.82, 2.24) is 9.97 Å². The number of hydrogen-bond donors (Lipinski definition) is 0. The highest BCUT2D eigenvalue weighted by molar-refractivity contribution is 7.22. The molecule has 1 fully saturated rings. The van der Waals surface area contributed by atoms with E-state index < -0.39 is 0 Å². The number of pyridine rings is 1. The van der Waals surface area contributed by atoms with E-state index in [0.29, 0.717) is 0 Å². The minimum absolute atomic E-state index is 0.960. The molecule has 0 saturated carbocycles. The molecule has 4 heteroatoms. The van der Waals surface area contributed by atoms with E-state index in [-0.39, 0.29) is 0 Å². The third kappa shape index (κ3) is 2.32. The first kappa shape index (κ1) is 14.4. The molecule has 1 aliphatic heterocycles.